The van der Waals surface area contributed by atoms with Crippen LogP contribution in [0.3, 0.4) is 0 Å². The van der Waals surface area contributed by atoms with Gasteiger partial charge in [-0.2, -0.15) is 0 Å². The first-order valence-electron chi connectivity index (χ1n) is 5.48. The van der Waals surface area contributed by atoms with Crippen molar-refractivity contribution >= 4 is 27.3 Å². The summed E-state index contributed by atoms with van der Waals surface area (Å²) in [6.07, 6.45) is 3.56. The van der Waals surface area contributed by atoms with Gasteiger partial charge in [0.25, 0.3) is 0 Å². The Kier molecular flexibility index (Phi) is 4.25. The molecule has 2 rings (SSSR count). The molecular formula is C12H14BrN3S. The fraction of sp³-hybridized carbons (Fsp3) is 0.333. The number of nitrogens with zero attached hydrogens (tertiary/aromatic N) is 2. The van der Waals surface area contributed by atoms with Crippen LogP contribution in [0.2, 0.25) is 0 Å². The van der Waals surface area contributed by atoms with Gasteiger partial charge < -0.3 is 5.73 Å². The predicted molar refractivity (Wildman–Crippen MR) is 75.0 cm³/mol. The zero-order chi connectivity index (χ0) is 12.3. The molecular weight excluding hydrogens is 298 g/mol. The molecule has 0 aliphatic rings. The average Bonchev–Trinajstić information content (AvgIpc) is 2.74. The molecule has 0 fully saturated rings. The van der Waals surface area contributed by atoms with Crippen LogP contribution in [-0.4, -0.2) is 16.0 Å². The third kappa shape index (κ3) is 3.59. The highest BCUT2D eigenvalue weighted by Crippen LogP contribution is 2.29. The molecule has 2 aromatic rings. The summed E-state index contributed by atoms with van der Waals surface area (Å²) in [5.41, 5.74) is 6.71. The molecule has 1 atom stereocenters. The molecule has 2 heterocycles. The first-order chi connectivity index (χ1) is 8.15. The van der Waals surface area contributed by atoms with E-state index in [-0.39, 0.29) is 6.04 Å². The number of nitrogens with two attached hydrogens (primary N) is 1. The van der Waals surface area contributed by atoms with Crippen LogP contribution in [0.4, 0.5) is 0 Å². The molecule has 3 nitrogen and oxygen atoms in total. The Morgan fingerprint density at radius 1 is 1.41 bits per heavy atom. The zero-order valence-corrected chi connectivity index (χ0v) is 12.0. The van der Waals surface area contributed by atoms with E-state index in [1.54, 1.807) is 11.3 Å². The Morgan fingerprint density at radius 3 is 2.88 bits per heavy atom. The number of thiophene rings is 1. The summed E-state index contributed by atoms with van der Waals surface area (Å²) in [4.78, 5) is 9.98. The third-order valence-corrected chi connectivity index (χ3v) is 4.00. The van der Waals surface area contributed by atoms with Gasteiger partial charge in [0.05, 0.1) is 14.4 Å². The monoisotopic (exact) mass is 311 g/mol. The maximum Gasteiger partial charge on any atom is 0.129 e. The van der Waals surface area contributed by atoms with Gasteiger partial charge in [0.15, 0.2) is 0 Å². The zero-order valence-electron chi connectivity index (χ0n) is 9.56. The fourth-order valence-corrected chi connectivity index (χ4v) is 2.82. The second-order valence-electron chi connectivity index (χ2n) is 3.98. The van der Waals surface area contributed by atoms with E-state index >= 15 is 0 Å². The lowest BCUT2D eigenvalue weighted by atomic mass is 10.2. The van der Waals surface area contributed by atoms with Crippen LogP contribution in [0.1, 0.15) is 19.2 Å². The topological polar surface area (TPSA) is 51.8 Å². The van der Waals surface area contributed by atoms with Crippen molar-refractivity contribution in [3.05, 3.63) is 34.0 Å². The van der Waals surface area contributed by atoms with E-state index in [2.05, 4.69) is 32.0 Å². The van der Waals surface area contributed by atoms with Crippen molar-refractivity contribution in [1.82, 2.24) is 9.97 Å². The molecule has 5 heteroatoms. The van der Waals surface area contributed by atoms with Crippen molar-refractivity contribution in [2.45, 2.75) is 25.8 Å². The van der Waals surface area contributed by atoms with Gasteiger partial charge >= 0.3 is 0 Å². The minimum Gasteiger partial charge on any atom is -0.328 e. The van der Waals surface area contributed by atoms with Crippen LogP contribution in [-0.2, 0) is 6.42 Å². The molecule has 1 unspecified atom stereocenters. The highest BCUT2D eigenvalue weighted by Gasteiger charge is 2.05. The number of aryl methyl sites for hydroxylation is 1. The summed E-state index contributed by atoms with van der Waals surface area (Å²) in [5.74, 6) is 0.865. The van der Waals surface area contributed by atoms with Gasteiger partial charge in [0, 0.05) is 18.7 Å². The van der Waals surface area contributed by atoms with Gasteiger partial charge in [-0.3, -0.25) is 0 Å². The van der Waals surface area contributed by atoms with Crippen LogP contribution in [0, 0.1) is 0 Å². The molecule has 90 valence electrons. The van der Waals surface area contributed by atoms with Gasteiger partial charge in [-0.05, 0) is 47.5 Å². The van der Waals surface area contributed by atoms with Crippen molar-refractivity contribution in [2.24, 2.45) is 5.73 Å². The lowest BCUT2D eigenvalue weighted by Crippen LogP contribution is -2.16. The van der Waals surface area contributed by atoms with E-state index in [9.17, 15) is 0 Å². The Hall–Kier alpha value is -0.780. The molecule has 0 aromatic carbocycles. The Bertz CT molecular complexity index is 496. The van der Waals surface area contributed by atoms with Crippen LogP contribution < -0.4 is 5.73 Å². The maximum absolute atomic E-state index is 5.73. The van der Waals surface area contributed by atoms with Gasteiger partial charge in [0.2, 0.25) is 0 Å². The maximum atomic E-state index is 5.73. The molecule has 17 heavy (non-hydrogen) atoms. The normalized spacial score (nSPS) is 12.6. The predicted octanol–water partition coefficient (Wildman–Crippen LogP) is 3.25. The van der Waals surface area contributed by atoms with Crippen LogP contribution >= 0.6 is 27.3 Å². The lowest BCUT2D eigenvalue weighted by molar-refractivity contribution is 0.648. The molecule has 0 amide bonds. The third-order valence-electron chi connectivity index (χ3n) is 2.35. The highest BCUT2D eigenvalue weighted by atomic mass is 79.9. The van der Waals surface area contributed by atoms with Crippen LogP contribution in [0.5, 0.6) is 0 Å². The molecule has 0 bridgehead atoms. The summed E-state index contributed by atoms with van der Waals surface area (Å²) in [5, 5.41) is 0. The first kappa shape index (κ1) is 12.7. The van der Waals surface area contributed by atoms with E-state index in [0.717, 1.165) is 33.0 Å². The molecule has 0 radical (unpaired) electrons. The van der Waals surface area contributed by atoms with Crippen molar-refractivity contribution in [3.63, 3.8) is 0 Å². The smallest absolute Gasteiger partial charge is 0.129 e. The standard InChI is InChI=1S/C12H14BrN3S/c1-8(14)2-5-12-15-7-6-9(16-12)10-3-4-11(13)17-10/h3-4,6-8H,2,5,14H2,1H3. The minimum absolute atomic E-state index is 0.193. The number of hydrogen-bond acceptors (Lipinski definition) is 4. The molecule has 0 aliphatic heterocycles. The van der Waals surface area contributed by atoms with Crippen molar-refractivity contribution < 1.29 is 0 Å². The van der Waals surface area contributed by atoms with E-state index < -0.39 is 0 Å². The van der Waals surface area contributed by atoms with Gasteiger partial charge in [0.1, 0.15) is 5.82 Å². The largest absolute Gasteiger partial charge is 0.328 e. The van der Waals surface area contributed by atoms with E-state index in [1.165, 1.54) is 0 Å². The number of hydrogen-bond donors (Lipinski definition) is 1. The lowest BCUT2D eigenvalue weighted by Gasteiger charge is -2.04. The Morgan fingerprint density at radius 2 is 2.24 bits per heavy atom. The van der Waals surface area contributed by atoms with Crippen molar-refractivity contribution in [3.8, 4) is 10.6 Å². The second kappa shape index (κ2) is 5.71. The summed E-state index contributed by atoms with van der Waals surface area (Å²) in [6.45, 7) is 2.00. The summed E-state index contributed by atoms with van der Waals surface area (Å²) in [6, 6.07) is 6.22. The summed E-state index contributed by atoms with van der Waals surface area (Å²) >= 11 is 5.13. The van der Waals surface area contributed by atoms with Gasteiger partial charge in [-0.1, -0.05) is 0 Å². The average molecular weight is 312 g/mol. The molecule has 2 aromatic heterocycles. The van der Waals surface area contributed by atoms with Gasteiger partial charge in [-0.25, -0.2) is 9.97 Å². The molecule has 0 saturated carbocycles. The first-order valence-corrected chi connectivity index (χ1v) is 7.09. The summed E-state index contributed by atoms with van der Waals surface area (Å²) < 4.78 is 1.11. The summed E-state index contributed by atoms with van der Waals surface area (Å²) in [7, 11) is 0. The minimum atomic E-state index is 0.193. The second-order valence-corrected chi connectivity index (χ2v) is 6.44. The Balaban J connectivity index is 2.16. The van der Waals surface area contributed by atoms with E-state index in [1.807, 2.05) is 25.3 Å². The molecule has 0 spiro atoms. The Labute approximate surface area is 113 Å². The van der Waals surface area contributed by atoms with Crippen molar-refractivity contribution in [1.29, 1.82) is 0 Å². The quantitative estimate of drug-likeness (QED) is 0.943. The van der Waals surface area contributed by atoms with Gasteiger partial charge in [-0.15, -0.1) is 11.3 Å². The molecule has 0 aliphatic carbocycles. The van der Waals surface area contributed by atoms with E-state index in [0.29, 0.717) is 0 Å². The van der Waals surface area contributed by atoms with Crippen LogP contribution in [0.25, 0.3) is 10.6 Å². The highest BCUT2D eigenvalue weighted by molar-refractivity contribution is 9.11. The van der Waals surface area contributed by atoms with Crippen LogP contribution in [0.15, 0.2) is 28.2 Å². The number of halogens is 1. The van der Waals surface area contributed by atoms with Crippen molar-refractivity contribution in [2.75, 3.05) is 0 Å². The molecule has 0 saturated heterocycles. The molecule has 2 N–H and O–H groups in total. The number of aromatic nitrogens is 2. The SMILES string of the molecule is CC(N)CCc1nccc(-c2ccc(Br)s2)n1. The van der Waals surface area contributed by atoms with E-state index in [4.69, 9.17) is 5.73 Å². The number of rotatable bonds is 4. The fourth-order valence-electron chi connectivity index (χ4n) is 1.47.